The lowest BCUT2D eigenvalue weighted by atomic mass is 10.1. The van der Waals surface area contributed by atoms with Crippen molar-refractivity contribution in [3.05, 3.63) is 42.5 Å². The normalized spacial score (nSPS) is 11.5. The van der Waals surface area contributed by atoms with Gasteiger partial charge in [0.2, 0.25) is 5.91 Å². The lowest BCUT2D eigenvalue weighted by Gasteiger charge is -2.07. The molecule has 3 amide bonds. The summed E-state index contributed by atoms with van der Waals surface area (Å²) in [5, 5.41) is 11.3. The summed E-state index contributed by atoms with van der Waals surface area (Å²) in [6.45, 7) is 5.06. The van der Waals surface area contributed by atoms with E-state index in [2.05, 4.69) is 44.8 Å². The van der Waals surface area contributed by atoms with Crippen molar-refractivity contribution in [2.24, 2.45) is 5.10 Å². The predicted octanol–water partition coefficient (Wildman–Crippen LogP) is 2.40. The smallest absolute Gasteiger partial charge is 0.329 e. The quantitative estimate of drug-likeness (QED) is 0.217. The Labute approximate surface area is 185 Å². The number of anilines is 1. The maximum atomic E-state index is 12.4. The summed E-state index contributed by atoms with van der Waals surface area (Å²) in [5.74, 6) is -2.00. The molecule has 0 saturated heterocycles. The molecule has 168 valence electrons. The van der Waals surface area contributed by atoms with Crippen LogP contribution in [0.4, 0.5) is 5.69 Å². The van der Waals surface area contributed by atoms with E-state index in [0.29, 0.717) is 18.0 Å². The summed E-state index contributed by atoms with van der Waals surface area (Å²) in [6.07, 6.45) is -0.0274. The first-order valence-electron chi connectivity index (χ1n) is 10.4. The fourth-order valence-corrected chi connectivity index (χ4v) is 3.49. The number of hydrogen-bond donors (Lipinski definition) is 3. The van der Waals surface area contributed by atoms with Crippen molar-refractivity contribution in [2.75, 3.05) is 25.6 Å². The van der Waals surface area contributed by atoms with Gasteiger partial charge in [0.25, 0.3) is 0 Å². The number of rotatable bonds is 8. The molecular weight excluding hydrogens is 410 g/mol. The highest BCUT2D eigenvalue weighted by atomic mass is 16.5. The van der Waals surface area contributed by atoms with Crippen molar-refractivity contribution in [3.63, 3.8) is 0 Å². The van der Waals surface area contributed by atoms with E-state index in [0.717, 1.165) is 28.4 Å². The van der Waals surface area contributed by atoms with E-state index in [-0.39, 0.29) is 18.9 Å². The van der Waals surface area contributed by atoms with Gasteiger partial charge in [-0.2, -0.15) is 5.10 Å². The van der Waals surface area contributed by atoms with E-state index in [1.54, 1.807) is 6.92 Å². The van der Waals surface area contributed by atoms with Crippen molar-refractivity contribution < 1.29 is 19.1 Å². The van der Waals surface area contributed by atoms with E-state index < -0.39 is 11.8 Å². The largest absolute Gasteiger partial charge is 0.383 e. The summed E-state index contributed by atoms with van der Waals surface area (Å²) in [5.41, 5.74) is 5.45. The first-order valence-corrected chi connectivity index (χ1v) is 10.4. The Bertz CT molecular complexity index is 1180. The molecule has 9 heteroatoms. The molecule has 3 aromatic rings. The number of hydrazone groups is 1. The summed E-state index contributed by atoms with van der Waals surface area (Å²) in [6, 6.07) is 14.0. The Morgan fingerprint density at radius 3 is 2.53 bits per heavy atom. The molecule has 0 unspecified atom stereocenters. The van der Waals surface area contributed by atoms with Gasteiger partial charge in [-0.25, -0.2) is 5.43 Å². The number of benzene rings is 2. The molecule has 1 aromatic heterocycles. The Hall–Kier alpha value is -3.72. The average molecular weight is 438 g/mol. The van der Waals surface area contributed by atoms with Crippen LogP contribution in [-0.2, 0) is 25.7 Å². The number of carbonyl (C=O) groups is 3. The molecule has 0 fully saturated rings. The van der Waals surface area contributed by atoms with Crippen molar-refractivity contribution in [1.82, 2.24) is 15.3 Å². The average Bonchev–Trinajstić information content (AvgIpc) is 3.10. The Morgan fingerprint density at radius 1 is 1.03 bits per heavy atom. The van der Waals surface area contributed by atoms with Crippen molar-refractivity contribution in [2.45, 2.75) is 26.8 Å². The van der Waals surface area contributed by atoms with Gasteiger partial charge in [-0.3, -0.25) is 14.4 Å². The zero-order valence-electron chi connectivity index (χ0n) is 18.4. The number of carbonyl (C=O) groups excluding carboxylic acids is 3. The number of aromatic nitrogens is 1. The van der Waals surface area contributed by atoms with E-state index in [9.17, 15) is 14.4 Å². The number of para-hydroxylation sites is 1. The van der Waals surface area contributed by atoms with E-state index in [1.807, 2.05) is 30.3 Å². The molecule has 0 aliphatic rings. The van der Waals surface area contributed by atoms with Crippen LogP contribution >= 0.6 is 0 Å². The van der Waals surface area contributed by atoms with E-state index >= 15 is 0 Å². The van der Waals surface area contributed by atoms with Gasteiger partial charge < -0.3 is 19.9 Å². The van der Waals surface area contributed by atoms with Gasteiger partial charge in [-0.05, 0) is 38.1 Å². The van der Waals surface area contributed by atoms with Crippen LogP contribution in [0.2, 0.25) is 0 Å². The number of nitrogens with zero attached hydrogens (tertiary/aromatic N) is 2. The Kier molecular flexibility index (Phi) is 7.56. The third-order valence-corrected chi connectivity index (χ3v) is 4.94. The van der Waals surface area contributed by atoms with Gasteiger partial charge in [-0.1, -0.05) is 18.2 Å². The highest BCUT2D eigenvalue weighted by molar-refractivity contribution is 6.35. The van der Waals surface area contributed by atoms with Gasteiger partial charge in [0, 0.05) is 53.4 Å². The molecule has 32 heavy (non-hydrogen) atoms. The summed E-state index contributed by atoms with van der Waals surface area (Å²) in [7, 11) is 1.49. The monoisotopic (exact) mass is 437 g/mol. The first-order chi connectivity index (χ1) is 15.4. The highest BCUT2D eigenvalue weighted by Gasteiger charge is 2.13. The van der Waals surface area contributed by atoms with Crippen molar-refractivity contribution in [1.29, 1.82) is 0 Å². The lowest BCUT2D eigenvalue weighted by molar-refractivity contribution is -0.139. The summed E-state index contributed by atoms with van der Waals surface area (Å²) < 4.78 is 7.03. The number of fused-ring (bicyclic) bond motifs is 3. The molecular formula is C23H27N5O4. The van der Waals surface area contributed by atoms with Crippen molar-refractivity contribution >= 4 is 50.9 Å². The second kappa shape index (κ2) is 10.5. The topological polar surface area (TPSA) is 114 Å². The fourth-order valence-electron chi connectivity index (χ4n) is 3.49. The maximum absolute atomic E-state index is 12.4. The van der Waals surface area contributed by atoms with Crippen molar-refractivity contribution in [3.8, 4) is 0 Å². The second-order valence-electron chi connectivity index (χ2n) is 7.25. The SMILES string of the molecule is CCn1c2ccccc2c2cc(NC(=O)C/C(C)=N\NC(=O)C(=O)NCCOC)ccc21. The van der Waals surface area contributed by atoms with Gasteiger partial charge in [0.05, 0.1) is 13.0 Å². The molecule has 0 aliphatic heterocycles. The molecule has 3 N–H and O–H groups in total. The zero-order chi connectivity index (χ0) is 23.1. The highest BCUT2D eigenvalue weighted by Crippen LogP contribution is 2.30. The lowest BCUT2D eigenvalue weighted by Crippen LogP contribution is -2.39. The standard InChI is InChI=1S/C23H27N5O4/c1-4-28-19-8-6-5-7-17(19)18-14-16(9-10-20(18)28)25-21(29)13-15(2)26-27-23(31)22(30)24-11-12-32-3/h5-10,14H,4,11-13H2,1-3H3,(H,24,30)(H,25,29)(H,27,31)/b26-15-. The molecule has 0 aliphatic carbocycles. The molecule has 0 bridgehead atoms. The molecule has 3 rings (SSSR count). The Balaban J connectivity index is 1.63. The second-order valence-corrected chi connectivity index (χ2v) is 7.25. The molecule has 2 aromatic carbocycles. The van der Waals surface area contributed by atoms with Gasteiger partial charge in [0.15, 0.2) is 0 Å². The molecule has 0 radical (unpaired) electrons. The number of ether oxygens (including phenoxy) is 1. The van der Waals surface area contributed by atoms with Gasteiger partial charge >= 0.3 is 11.8 Å². The van der Waals surface area contributed by atoms with Crippen LogP contribution in [0, 0.1) is 0 Å². The summed E-state index contributed by atoms with van der Waals surface area (Å²) in [4.78, 5) is 35.7. The minimum Gasteiger partial charge on any atom is -0.383 e. The third-order valence-electron chi connectivity index (χ3n) is 4.94. The van der Waals surface area contributed by atoms with E-state index in [4.69, 9.17) is 4.74 Å². The third kappa shape index (κ3) is 5.30. The molecule has 9 nitrogen and oxygen atoms in total. The number of methoxy groups -OCH3 is 1. The fraction of sp³-hybridized carbons (Fsp3) is 0.304. The van der Waals surface area contributed by atoms with E-state index in [1.165, 1.54) is 7.11 Å². The van der Waals surface area contributed by atoms with Crippen LogP contribution in [0.25, 0.3) is 21.8 Å². The van der Waals surface area contributed by atoms with Crippen LogP contribution in [0.5, 0.6) is 0 Å². The number of amides is 3. The molecule has 1 heterocycles. The predicted molar refractivity (Wildman–Crippen MR) is 125 cm³/mol. The van der Waals surface area contributed by atoms with Crippen LogP contribution in [0.15, 0.2) is 47.6 Å². The summed E-state index contributed by atoms with van der Waals surface area (Å²) >= 11 is 0. The molecule has 0 atom stereocenters. The van der Waals surface area contributed by atoms with Crippen LogP contribution in [-0.4, -0.2) is 48.3 Å². The van der Waals surface area contributed by atoms with Crippen LogP contribution in [0.1, 0.15) is 20.3 Å². The van der Waals surface area contributed by atoms with Gasteiger partial charge in [-0.15, -0.1) is 0 Å². The first kappa shape index (κ1) is 23.0. The van der Waals surface area contributed by atoms with Crippen LogP contribution in [0.3, 0.4) is 0 Å². The number of nitrogens with one attached hydrogen (secondary N) is 3. The number of aryl methyl sites for hydroxylation is 1. The zero-order valence-corrected chi connectivity index (χ0v) is 18.4. The van der Waals surface area contributed by atoms with Gasteiger partial charge in [0.1, 0.15) is 0 Å². The number of hydrogen-bond acceptors (Lipinski definition) is 5. The minimum atomic E-state index is -0.904. The molecule has 0 spiro atoms. The Morgan fingerprint density at radius 2 is 1.78 bits per heavy atom. The maximum Gasteiger partial charge on any atom is 0.329 e. The minimum absolute atomic E-state index is 0.0274. The molecule has 0 saturated carbocycles. The van der Waals surface area contributed by atoms with Crippen LogP contribution < -0.4 is 16.1 Å².